The molecule has 0 radical (unpaired) electrons. The average Bonchev–Trinajstić information content (AvgIpc) is 3.60. The largest absolute Gasteiger partial charge is 0.349 e. The Balaban J connectivity index is 1.34. The Morgan fingerprint density at radius 2 is 1.57 bits per heavy atom. The van der Waals surface area contributed by atoms with Crippen molar-refractivity contribution in [2.45, 2.75) is 57.2 Å². The Morgan fingerprint density at radius 3 is 2.18 bits per heavy atom. The number of rotatable bonds is 8. The molecule has 2 saturated carbocycles. The predicted molar refractivity (Wildman–Crippen MR) is 110 cm³/mol. The molecule has 0 bridgehead atoms. The first kappa shape index (κ1) is 19.0. The van der Waals surface area contributed by atoms with Crippen LogP contribution >= 0.6 is 11.6 Å². The first-order valence-corrected chi connectivity index (χ1v) is 10.4. The lowest BCUT2D eigenvalue weighted by molar-refractivity contribution is -0.132. The van der Waals surface area contributed by atoms with E-state index in [9.17, 15) is 9.59 Å². The average molecular weight is 397 g/mol. The van der Waals surface area contributed by atoms with Crippen LogP contribution in [0.25, 0.3) is 0 Å². The van der Waals surface area contributed by atoms with Gasteiger partial charge in [-0.1, -0.05) is 35.9 Å². The van der Waals surface area contributed by atoms with Crippen LogP contribution in [-0.2, 0) is 17.8 Å². The van der Waals surface area contributed by atoms with Crippen LogP contribution in [0.5, 0.6) is 0 Å². The lowest BCUT2D eigenvalue weighted by Gasteiger charge is -2.23. The van der Waals surface area contributed by atoms with Crippen LogP contribution in [0.2, 0.25) is 5.02 Å². The molecule has 0 atom stereocenters. The van der Waals surface area contributed by atoms with Crippen LogP contribution in [-0.4, -0.2) is 28.8 Å². The molecule has 2 fully saturated rings. The van der Waals surface area contributed by atoms with E-state index in [0.717, 1.165) is 43.2 Å². The van der Waals surface area contributed by atoms with Crippen molar-refractivity contribution in [2.24, 2.45) is 0 Å². The smallest absolute Gasteiger partial charge is 0.251 e. The highest BCUT2D eigenvalue weighted by Gasteiger charge is 2.32. The molecule has 0 unspecified atom stereocenters. The molecule has 2 aromatic rings. The maximum atomic E-state index is 12.8. The second-order valence-corrected chi connectivity index (χ2v) is 8.26. The fraction of sp³-hybridized carbons (Fsp3) is 0.391. The molecule has 4 nitrogen and oxygen atoms in total. The van der Waals surface area contributed by atoms with Crippen molar-refractivity contribution >= 4 is 23.4 Å². The van der Waals surface area contributed by atoms with Gasteiger partial charge in [0.15, 0.2) is 0 Å². The molecular weight excluding hydrogens is 372 g/mol. The third kappa shape index (κ3) is 5.14. The number of aryl methyl sites for hydroxylation is 1. The third-order valence-corrected chi connectivity index (χ3v) is 5.58. The Labute approximate surface area is 170 Å². The van der Waals surface area contributed by atoms with Gasteiger partial charge in [-0.25, -0.2) is 0 Å². The normalized spacial score (nSPS) is 15.9. The van der Waals surface area contributed by atoms with Gasteiger partial charge in [0.25, 0.3) is 5.91 Å². The molecule has 0 aliphatic heterocycles. The highest BCUT2D eigenvalue weighted by molar-refractivity contribution is 6.30. The quantitative estimate of drug-likeness (QED) is 0.720. The molecule has 1 N–H and O–H groups in total. The van der Waals surface area contributed by atoms with Crippen LogP contribution in [0, 0.1) is 0 Å². The summed E-state index contributed by atoms with van der Waals surface area (Å²) in [6.45, 7) is 0.606. The van der Waals surface area contributed by atoms with E-state index in [1.54, 1.807) is 0 Å². The number of carbonyl (C=O) groups excluding carboxylic acids is 2. The van der Waals surface area contributed by atoms with Crippen LogP contribution in [0.4, 0.5) is 0 Å². The summed E-state index contributed by atoms with van der Waals surface area (Å²) in [6.07, 6.45) is 5.54. The Bertz CT molecular complexity index is 840. The highest BCUT2D eigenvalue weighted by Crippen LogP contribution is 2.29. The van der Waals surface area contributed by atoms with Gasteiger partial charge in [-0.3, -0.25) is 9.59 Å². The summed E-state index contributed by atoms with van der Waals surface area (Å²) < 4.78 is 0. The number of amides is 2. The molecule has 2 aromatic carbocycles. The van der Waals surface area contributed by atoms with Crippen molar-refractivity contribution in [2.75, 3.05) is 0 Å². The molecule has 0 heterocycles. The van der Waals surface area contributed by atoms with Gasteiger partial charge in [0.2, 0.25) is 5.91 Å². The van der Waals surface area contributed by atoms with E-state index in [1.165, 1.54) is 0 Å². The molecule has 2 aliphatic rings. The molecule has 146 valence electrons. The van der Waals surface area contributed by atoms with Gasteiger partial charge in [-0.05, 0) is 67.5 Å². The summed E-state index contributed by atoms with van der Waals surface area (Å²) in [5.41, 5.74) is 2.87. The Hall–Kier alpha value is -2.33. The summed E-state index contributed by atoms with van der Waals surface area (Å²) in [5, 5.41) is 3.71. The van der Waals surface area contributed by atoms with Gasteiger partial charge in [0.1, 0.15) is 0 Å². The maximum Gasteiger partial charge on any atom is 0.251 e. The van der Waals surface area contributed by atoms with Crippen molar-refractivity contribution in [3.8, 4) is 0 Å². The Kier molecular flexibility index (Phi) is 5.67. The number of hydrogen-bond acceptors (Lipinski definition) is 2. The van der Waals surface area contributed by atoms with E-state index in [0.29, 0.717) is 35.6 Å². The summed E-state index contributed by atoms with van der Waals surface area (Å²) in [6, 6.07) is 16.0. The second-order valence-electron chi connectivity index (χ2n) is 7.82. The lowest BCUT2D eigenvalue weighted by atomic mass is 10.1. The SMILES string of the molecule is O=C(NC1CC1)c1ccc(CN(C(=O)CCc2ccc(Cl)cc2)C2CC2)cc1. The molecule has 2 aliphatic carbocycles. The third-order valence-electron chi connectivity index (χ3n) is 5.33. The topological polar surface area (TPSA) is 49.4 Å². The first-order chi connectivity index (χ1) is 13.6. The zero-order valence-corrected chi connectivity index (χ0v) is 16.6. The highest BCUT2D eigenvalue weighted by atomic mass is 35.5. The first-order valence-electron chi connectivity index (χ1n) is 10.0. The number of nitrogens with one attached hydrogen (secondary N) is 1. The zero-order valence-electron chi connectivity index (χ0n) is 15.9. The van der Waals surface area contributed by atoms with E-state index in [4.69, 9.17) is 11.6 Å². The maximum absolute atomic E-state index is 12.8. The number of nitrogens with zero attached hydrogens (tertiary/aromatic N) is 1. The van der Waals surface area contributed by atoms with Gasteiger partial charge in [-0.2, -0.15) is 0 Å². The van der Waals surface area contributed by atoms with Gasteiger partial charge >= 0.3 is 0 Å². The fourth-order valence-electron chi connectivity index (χ4n) is 3.31. The number of halogens is 1. The van der Waals surface area contributed by atoms with Gasteiger partial charge in [0, 0.05) is 35.6 Å². The van der Waals surface area contributed by atoms with Crippen LogP contribution in [0.15, 0.2) is 48.5 Å². The van der Waals surface area contributed by atoms with Crippen LogP contribution in [0.3, 0.4) is 0 Å². The molecule has 0 aromatic heterocycles. The standard InChI is InChI=1S/C23H25ClN2O2/c24-19-8-3-16(4-9-19)5-14-22(27)26(21-12-13-21)15-17-1-6-18(7-2-17)23(28)25-20-10-11-20/h1-4,6-9,20-21H,5,10-15H2,(H,25,28). The molecule has 5 heteroatoms. The summed E-state index contributed by atoms with van der Waals surface area (Å²) in [4.78, 5) is 26.9. The molecular formula is C23H25ClN2O2. The number of hydrogen-bond donors (Lipinski definition) is 1. The Morgan fingerprint density at radius 1 is 0.929 bits per heavy atom. The molecule has 28 heavy (non-hydrogen) atoms. The van der Waals surface area contributed by atoms with Crippen molar-refractivity contribution in [3.63, 3.8) is 0 Å². The van der Waals surface area contributed by atoms with E-state index >= 15 is 0 Å². The van der Waals surface area contributed by atoms with E-state index in [-0.39, 0.29) is 11.8 Å². The van der Waals surface area contributed by atoms with Crippen molar-refractivity contribution in [1.82, 2.24) is 10.2 Å². The van der Waals surface area contributed by atoms with Crippen LogP contribution in [0.1, 0.15) is 53.6 Å². The van der Waals surface area contributed by atoms with E-state index in [2.05, 4.69) is 5.32 Å². The minimum absolute atomic E-state index is 0.00728. The molecule has 0 spiro atoms. The van der Waals surface area contributed by atoms with E-state index < -0.39 is 0 Å². The zero-order chi connectivity index (χ0) is 19.5. The number of carbonyl (C=O) groups is 2. The van der Waals surface area contributed by atoms with E-state index in [1.807, 2.05) is 53.4 Å². The van der Waals surface area contributed by atoms with Crippen LogP contribution < -0.4 is 5.32 Å². The fourth-order valence-corrected chi connectivity index (χ4v) is 3.43. The molecule has 4 rings (SSSR count). The van der Waals surface area contributed by atoms with Gasteiger partial charge in [-0.15, -0.1) is 0 Å². The summed E-state index contributed by atoms with van der Waals surface area (Å²) >= 11 is 5.92. The van der Waals surface area contributed by atoms with Gasteiger partial charge < -0.3 is 10.2 Å². The summed E-state index contributed by atoms with van der Waals surface area (Å²) in [7, 11) is 0. The van der Waals surface area contributed by atoms with Crippen molar-refractivity contribution < 1.29 is 9.59 Å². The molecule has 0 saturated heterocycles. The summed E-state index contributed by atoms with van der Waals surface area (Å²) in [5.74, 6) is 0.181. The second kappa shape index (κ2) is 8.36. The monoisotopic (exact) mass is 396 g/mol. The van der Waals surface area contributed by atoms with Crippen molar-refractivity contribution in [3.05, 3.63) is 70.2 Å². The lowest BCUT2D eigenvalue weighted by Crippen LogP contribution is -2.32. The van der Waals surface area contributed by atoms with Gasteiger partial charge in [0.05, 0.1) is 0 Å². The van der Waals surface area contributed by atoms with Crippen molar-refractivity contribution in [1.29, 1.82) is 0 Å². The number of benzene rings is 2. The minimum atomic E-state index is -0.00728. The molecule has 2 amide bonds. The predicted octanol–water partition coefficient (Wildman–Crippen LogP) is 4.36. The minimum Gasteiger partial charge on any atom is -0.349 e.